The highest BCUT2D eigenvalue weighted by molar-refractivity contribution is 6.29. The van der Waals surface area contributed by atoms with Crippen LogP contribution in [0.1, 0.15) is 5.56 Å². The van der Waals surface area contributed by atoms with Crippen LogP contribution in [0.3, 0.4) is 0 Å². The van der Waals surface area contributed by atoms with Crippen molar-refractivity contribution in [3.05, 3.63) is 51.2 Å². The fourth-order valence-electron chi connectivity index (χ4n) is 1.90. The van der Waals surface area contributed by atoms with Crippen LogP contribution in [0.5, 0.6) is 0 Å². The van der Waals surface area contributed by atoms with Crippen molar-refractivity contribution in [3.8, 4) is 0 Å². The van der Waals surface area contributed by atoms with Gasteiger partial charge in [-0.15, -0.1) is 0 Å². The first kappa shape index (κ1) is 12.6. The summed E-state index contributed by atoms with van der Waals surface area (Å²) in [6.07, 6.45) is 2.72. The molecule has 7 heteroatoms. The molecular formula is C11H13ClN4O2. The zero-order valence-corrected chi connectivity index (χ0v) is 10.7. The van der Waals surface area contributed by atoms with Gasteiger partial charge in [0.25, 0.3) is 6.20 Å². The second kappa shape index (κ2) is 5.22. The Morgan fingerprint density at radius 2 is 2.33 bits per heavy atom. The average Bonchev–Trinajstić information content (AvgIpc) is 2.64. The average molecular weight is 269 g/mol. The van der Waals surface area contributed by atoms with Crippen LogP contribution in [0.2, 0.25) is 5.15 Å². The topological polar surface area (TPSA) is 62.5 Å². The van der Waals surface area contributed by atoms with Crippen LogP contribution >= 0.6 is 11.6 Å². The van der Waals surface area contributed by atoms with Crippen LogP contribution in [0.4, 0.5) is 0 Å². The molecule has 0 radical (unpaired) electrons. The largest absolute Gasteiger partial charge is 0.354 e. The van der Waals surface area contributed by atoms with E-state index in [1.807, 2.05) is 22.9 Å². The Hall–Kier alpha value is -1.82. The molecule has 0 bridgehead atoms. The predicted molar refractivity (Wildman–Crippen MR) is 67.4 cm³/mol. The summed E-state index contributed by atoms with van der Waals surface area (Å²) >= 11 is 5.72. The molecule has 2 heterocycles. The molecule has 1 aromatic heterocycles. The Morgan fingerprint density at radius 1 is 1.56 bits per heavy atom. The minimum atomic E-state index is -0.426. The van der Waals surface area contributed by atoms with Crippen molar-refractivity contribution >= 4 is 11.6 Å². The van der Waals surface area contributed by atoms with E-state index in [9.17, 15) is 10.1 Å². The Labute approximate surface area is 110 Å². The second-order valence-electron chi connectivity index (χ2n) is 4.10. The van der Waals surface area contributed by atoms with Gasteiger partial charge in [-0.05, 0) is 11.6 Å². The van der Waals surface area contributed by atoms with E-state index in [2.05, 4.69) is 4.98 Å². The molecular weight excluding hydrogens is 256 g/mol. The minimum absolute atomic E-state index is 0.426. The normalized spacial score (nSPS) is 17.6. The van der Waals surface area contributed by atoms with Crippen LogP contribution in [0.15, 0.2) is 30.4 Å². The number of hydrogen-bond donors (Lipinski definition) is 0. The number of aromatic nitrogens is 1. The Balaban J connectivity index is 2.13. The summed E-state index contributed by atoms with van der Waals surface area (Å²) in [4.78, 5) is 18.0. The first-order valence-corrected chi connectivity index (χ1v) is 5.86. The molecule has 1 fully saturated rings. The first-order chi connectivity index (χ1) is 8.56. The molecule has 0 amide bonds. The lowest BCUT2D eigenvalue weighted by Gasteiger charge is -2.19. The fourth-order valence-corrected chi connectivity index (χ4v) is 2.01. The summed E-state index contributed by atoms with van der Waals surface area (Å²) in [6.45, 7) is 2.13. The van der Waals surface area contributed by atoms with E-state index in [0.29, 0.717) is 17.5 Å². The number of halogens is 1. The molecule has 0 aromatic carbocycles. The molecule has 1 aliphatic heterocycles. The van der Waals surface area contributed by atoms with Crippen molar-refractivity contribution in [1.82, 2.24) is 14.8 Å². The third-order valence-electron chi connectivity index (χ3n) is 2.80. The van der Waals surface area contributed by atoms with Crippen molar-refractivity contribution in [2.24, 2.45) is 0 Å². The predicted octanol–water partition coefficient (Wildman–Crippen LogP) is 1.56. The van der Waals surface area contributed by atoms with E-state index in [0.717, 1.165) is 24.9 Å². The highest BCUT2D eigenvalue weighted by Gasteiger charge is 2.24. The smallest absolute Gasteiger partial charge is 0.274 e. The van der Waals surface area contributed by atoms with E-state index in [4.69, 9.17) is 11.6 Å². The lowest BCUT2D eigenvalue weighted by Crippen LogP contribution is -2.21. The van der Waals surface area contributed by atoms with Crippen LogP contribution < -0.4 is 0 Å². The maximum atomic E-state index is 10.6. The van der Waals surface area contributed by atoms with Gasteiger partial charge in [-0.25, -0.2) is 4.98 Å². The quantitative estimate of drug-likeness (QED) is 0.473. The first-order valence-electron chi connectivity index (χ1n) is 5.48. The van der Waals surface area contributed by atoms with Crippen LogP contribution in [0.25, 0.3) is 0 Å². The number of likely N-dealkylation sites (N-methyl/N-ethyl adjacent to an activating group) is 1. The van der Waals surface area contributed by atoms with E-state index in [1.165, 1.54) is 0 Å². The second-order valence-corrected chi connectivity index (χ2v) is 4.49. The lowest BCUT2D eigenvalue weighted by atomic mass is 10.2. The summed E-state index contributed by atoms with van der Waals surface area (Å²) < 4.78 is 0. The van der Waals surface area contributed by atoms with Crippen LogP contribution in [0, 0.1) is 10.1 Å². The molecule has 0 unspecified atom stereocenters. The zero-order chi connectivity index (χ0) is 13.1. The van der Waals surface area contributed by atoms with E-state index in [1.54, 1.807) is 12.3 Å². The van der Waals surface area contributed by atoms with Crippen molar-refractivity contribution in [2.45, 2.75) is 6.54 Å². The van der Waals surface area contributed by atoms with Gasteiger partial charge in [-0.2, -0.15) is 0 Å². The van der Waals surface area contributed by atoms with Crippen LogP contribution in [-0.4, -0.2) is 39.8 Å². The van der Waals surface area contributed by atoms with E-state index in [-0.39, 0.29) is 0 Å². The van der Waals surface area contributed by atoms with Crippen molar-refractivity contribution in [2.75, 3.05) is 20.1 Å². The van der Waals surface area contributed by atoms with Gasteiger partial charge in [-0.3, -0.25) is 10.1 Å². The fraction of sp³-hybridized carbons (Fsp3) is 0.364. The van der Waals surface area contributed by atoms with Gasteiger partial charge in [0, 0.05) is 32.9 Å². The molecule has 6 nitrogen and oxygen atoms in total. The van der Waals surface area contributed by atoms with Gasteiger partial charge in [0.2, 0.25) is 0 Å². The molecule has 0 atom stereocenters. The molecule has 0 aliphatic carbocycles. The monoisotopic (exact) mass is 268 g/mol. The lowest BCUT2D eigenvalue weighted by molar-refractivity contribution is -0.405. The van der Waals surface area contributed by atoms with E-state index < -0.39 is 4.92 Å². The number of hydrogen-bond acceptors (Lipinski definition) is 5. The summed E-state index contributed by atoms with van der Waals surface area (Å²) in [6, 6.07) is 3.59. The SMILES string of the molecule is CN1CCN(Cc2ccc(Cl)nc2)C1=C[N+](=O)[O-]. The molecule has 0 saturated carbocycles. The molecule has 96 valence electrons. The minimum Gasteiger partial charge on any atom is -0.354 e. The summed E-state index contributed by atoms with van der Waals surface area (Å²) in [7, 11) is 1.84. The van der Waals surface area contributed by atoms with Gasteiger partial charge in [0.05, 0.1) is 4.92 Å². The third kappa shape index (κ3) is 2.89. The zero-order valence-electron chi connectivity index (χ0n) is 9.91. The van der Waals surface area contributed by atoms with Crippen molar-refractivity contribution in [1.29, 1.82) is 0 Å². The Bertz CT molecular complexity index is 474. The van der Waals surface area contributed by atoms with Gasteiger partial charge >= 0.3 is 0 Å². The summed E-state index contributed by atoms with van der Waals surface area (Å²) in [5.41, 5.74) is 0.976. The molecule has 0 N–H and O–H groups in total. The van der Waals surface area contributed by atoms with Gasteiger partial charge in [-0.1, -0.05) is 17.7 Å². The molecule has 1 aliphatic rings. The highest BCUT2D eigenvalue weighted by atomic mass is 35.5. The number of rotatable bonds is 3. The molecule has 18 heavy (non-hydrogen) atoms. The molecule has 1 aromatic rings. The van der Waals surface area contributed by atoms with Gasteiger partial charge in [0.15, 0.2) is 5.82 Å². The number of nitrogens with zero attached hydrogens (tertiary/aromatic N) is 4. The van der Waals surface area contributed by atoms with Crippen molar-refractivity contribution < 1.29 is 4.92 Å². The van der Waals surface area contributed by atoms with Gasteiger partial charge in [0.1, 0.15) is 5.15 Å². The van der Waals surface area contributed by atoms with Gasteiger partial charge < -0.3 is 9.80 Å². The Morgan fingerprint density at radius 3 is 2.94 bits per heavy atom. The van der Waals surface area contributed by atoms with Crippen molar-refractivity contribution in [3.63, 3.8) is 0 Å². The molecule has 0 spiro atoms. The number of pyridine rings is 1. The molecule has 1 saturated heterocycles. The van der Waals surface area contributed by atoms with E-state index >= 15 is 0 Å². The molecule has 2 rings (SSSR count). The maximum Gasteiger partial charge on any atom is 0.274 e. The standard InChI is InChI=1S/C11H13ClN4O2/c1-14-4-5-15(11(14)8-16(17)18)7-9-2-3-10(12)13-6-9/h2-3,6,8H,4-5,7H2,1H3. The Kier molecular flexibility index (Phi) is 3.66. The maximum absolute atomic E-state index is 10.6. The summed E-state index contributed by atoms with van der Waals surface area (Å²) in [5, 5.41) is 11.0. The number of nitro groups is 1. The highest BCUT2D eigenvalue weighted by Crippen LogP contribution is 2.19. The van der Waals surface area contributed by atoms with Crippen LogP contribution in [-0.2, 0) is 6.54 Å². The summed E-state index contributed by atoms with van der Waals surface area (Å²) in [5.74, 6) is 0.620. The third-order valence-corrected chi connectivity index (χ3v) is 3.03.